The molecule has 3 heteroatoms. The van der Waals surface area contributed by atoms with E-state index in [4.69, 9.17) is 4.74 Å². The monoisotopic (exact) mass is 186 g/mol. The Kier molecular flexibility index (Phi) is 5.35. The van der Waals surface area contributed by atoms with Crippen molar-refractivity contribution in [2.45, 2.75) is 25.8 Å². The lowest BCUT2D eigenvalue weighted by atomic mass is 10.3. The first-order chi connectivity index (χ1) is 6.36. The van der Waals surface area contributed by atoms with Crippen LogP contribution in [0.5, 0.6) is 0 Å². The molecule has 78 valence electrons. The van der Waals surface area contributed by atoms with E-state index in [0.717, 1.165) is 26.2 Å². The van der Waals surface area contributed by atoms with Gasteiger partial charge in [0.15, 0.2) is 0 Å². The molecule has 1 unspecified atom stereocenters. The summed E-state index contributed by atoms with van der Waals surface area (Å²) in [4.78, 5) is 2.47. The Hall–Kier alpha value is -0.120. The number of nitrogens with zero attached hydrogens (tertiary/aromatic N) is 1. The molecule has 0 aromatic carbocycles. The zero-order valence-electron chi connectivity index (χ0n) is 8.88. The molecule has 0 radical (unpaired) electrons. The minimum absolute atomic E-state index is 0.700. The van der Waals surface area contributed by atoms with Gasteiger partial charge in [-0.15, -0.1) is 0 Å². The highest BCUT2D eigenvalue weighted by molar-refractivity contribution is 4.79. The molecule has 0 aromatic heterocycles. The fourth-order valence-corrected chi connectivity index (χ4v) is 1.71. The summed E-state index contributed by atoms with van der Waals surface area (Å²) in [5, 5.41) is 3.31. The molecule has 0 amide bonds. The number of ether oxygens (including phenoxy) is 1. The molecular weight excluding hydrogens is 164 g/mol. The summed E-state index contributed by atoms with van der Waals surface area (Å²) < 4.78 is 5.45. The molecular formula is C10H22N2O. The summed E-state index contributed by atoms with van der Waals surface area (Å²) in [5.74, 6) is 0. The van der Waals surface area contributed by atoms with Gasteiger partial charge in [0.25, 0.3) is 0 Å². The van der Waals surface area contributed by atoms with Crippen LogP contribution in [0.1, 0.15) is 19.8 Å². The van der Waals surface area contributed by atoms with Crippen molar-refractivity contribution in [3.8, 4) is 0 Å². The summed E-state index contributed by atoms with van der Waals surface area (Å²) in [5.41, 5.74) is 0. The van der Waals surface area contributed by atoms with Crippen LogP contribution in [-0.4, -0.2) is 50.8 Å². The molecule has 0 bridgehead atoms. The van der Waals surface area contributed by atoms with E-state index < -0.39 is 0 Å². The highest BCUT2D eigenvalue weighted by Gasteiger charge is 2.19. The van der Waals surface area contributed by atoms with Crippen LogP contribution in [-0.2, 0) is 4.74 Å². The van der Waals surface area contributed by atoms with E-state index >= 15 is 0 Å². The molecule has 1 saturated heterocycles. The van der Waals surface area contributed by atoms with E-state index in [9.17, 15) is 0 Å². The Morgan fingerprint density at radius 2 is 2.31 bits per heavy atom. The second-order valence-electron chi connectivity index (χ2n) is 3.69. The zero-order chi connectivity index (χ0) is 9.52. The first-order valence-electron chi connectivity index (χ1n) is 5.34. The van der Waals surface area contributed by atoms with Gasteiger partial charge in [-0.1, -0.05) is 6.92 Å². The van der Waals surface area contributed by atoms with E-state index in [1.807, 2.05) is 7.05 Å². The predicted molar refractivity (Wildman–Crippen MR) is 55.0 cm³/mol. The van der Waals surface area contributed by atoms with E-state index in [0.29, 0.717) is 6.04 Å². The van der Waals surface area contributed by atoms with Gasteiger partial charge in [-0.3, -0.25) is 4.90 Å². The largest absolute Gasteiger partial charge is 0.380 e. The zero-order valence-corrected chi connectivity index (χ0v) is 8.88. The van der Waals surface area contributed by atoms with E-state index in [2.05, 4.69) is 17.1 Å². The van der Waals surface area contributed by atoms with Crippen molar-refractivity contribution in [1.82, 2.24) is 10.2 Å². The lowest BCUT2D eigenvalue weighted by Gasteiger charge is -2.15. The van der Waals surface area contributed by atoms with Crippen LogP contribution in [0, 0.1) is 0 Å². The highest BCUT2D eigenvalue weighted by Crippen LogP contribution is 2.07. The first kappa shape index (κ1) is 11.0. The summed E-state index contributed by atoms with van der Waals surface area (Å²) in [7, 11) is 2.04. The van der Waals surface area contributed by atoms with Gasteiger partial charge in [0, 0.05) is 25.7 Å². The molecule has 1 aliphatic heterocycles. The summed E-state index contributed by atoms with van der Waals surface area (Å²) in [6.07, 6.45) is 2.41. The average molecular weight is 186 g/mol. The SMILES string of the molecule is CCCOCCN1CCC(NC)C1. The maximum absolute atomic E-state index is 5.45. The molecule has 0 spiro atoms. The predicted octanol–water partition coefficient (Wildman–Crippen LogP) is 0.707. The van der Waals surface area contributed by atoms with Crippen LogP contribution in [0.3, 0.4) is 0 Å². The van der Waals surface area contributed by atoms with Crippen molar-refractivity contribution < 1.29 is 4.74 Å². The van der Waals surface area contributed by atoms with Gasteiger partial charge in [-0.25, -0.2) is 0 Å². The third-order valence-corrected chi connectivity index (χ3v) is 2.58. The minimum atomic E-state index is 0.700. The molecule has 0 aliphatic carbocycles. The Morgan fingerprint density at radius 3 is 2.92 bits per heavy atom. The fourth-order valence-electron chi connectivity index (χ4n) is 1.71. The van der Waals surface area contributed by atoms with Crippen LogP contribution < -0.4 is 5.32 Å². The molecule has 1 rings (SSSR count). The van der Waals surface area contributed by atoms with Gasteiger partial charge in [-0.05, 0) is 26.4 Å². The Morgan fingerprint density at radius 1 is 1.46 bits per heavy atom. The molecule has 3 nitrogen and oxygen atoms in total. The number of nitrogens with one attached hydrogen (secondary N) is 1. The third kappa shape index (κ3) is 4.07. The number of likely N-dealkylation sites (N-methyl/N-ethyl adjacent to an activating group) is 1. The van der Waals surface area contributed by atoms with Gasteiger partial charge >= 0.3 is 0 Å². The lowest BCUT2D eigenvalue weighted by Crippen LogP contribution is -2.31. The summed E-state index contributed by atoms with van der Waals surface area (Å²) >= 11 is 0. The number of likely N-dealkylation sites (tertiary alicyclic amines) is 1. The lowest BCUT2D eigenvalue weighted by molar-refractivity contribution is 0.111. The van der Waals surface area contributed by atoms with Crippen LogP contribution in [0.15, 0.2) is 0 Å². The van der Waals surface area contributed by atoms with E-state index in [-0.39, 0.29) is 0 Å². The quantitative estimate of drug-likeness (QED) is 0.618. The number of rotatable bonds is 6. The van der Waals surface area contributed by atoms with Crippen molar-refractivity contribution in [3.05, 3.63) is 0 Å². The second-order valence-corrected chi connectivity index (χ2v) is 3.69. The van der Waals surface area contributed by atoms with Crippen molar-refractivity contribution in [1.29, 1.82) is 0 Å². The van der Waals surface area contributed by atoms with Gasteiger partial charge in [-0.2, -0.15) is 0 Å². The highest BCUT2D eigenvalue weighted by atomic mass is 16.5. The number of hydrogen-bond acceptors (Lipinski definition) is 3. The molecule has 0 aromatic rings. The Labute approximate surface area is 81.4 Å². The molecule has 0 saturated carbocycles. The molecule has 13 heavy (non-hydrogen) atoms. The molecule has 1 aliphatic rings. The third-order valence-electron chi connectivity index (χ3n) is 2.58. The van der Waals surface area contributed by atoms with Gasteiger partial charge in [0.1, 0.15) is 0 Å². The Bertz CT molecular complexity index is 130. The molecule has 1 atom stereocenters. The van der Waals surface area contributed by atoms with Crippen LogP contribution >= 0.6 is 0 Å². The van der Waals surface area contributed by atoms with Gasteiger partial charge in [0.2, 0.25) is 0 Å². The Balaban J connectivity index is 1.97. The number of hydrogen-bond donors (Lipinski definition) is 1. The van der Waals surface area contributed by atoms with Crippen LogP contribution in [0.4, 0.5) is 0 Å². The van der Waals surface area contributed by atoms with Crippen molar-refractivity contribution in [2.24, 2.45) is 0 Å². The van der Waals surface area contributed by atoms with E-state index in [1.54, 1.807) is 0 Å². The van der Waals surface area contributed by atoms with Crippen molar-refractivity contribution >= 4 is 0 Å². The van der Waals surface area contributed by atoms with Crippen molar-refractivity contribution in [3.63, 3.8) is 0 Å². The van der Waals surface area contributed by atoms with Gasteiger partial charge in [0.05, 0.1) is 6.61 Å². The average Bonchev–Trinajstić information content (AvgIpc) is 2.60. The standard InChI is InChI=1S/C10H22N2O/c1-3-7-13-8-6-12-5-4-10(9-12)11-2/h10-11H,3-9H2,1-2H3. The summed E-state index contributed by atoms with van der Waals surface area (Å²) in [6.45, 7) is 7.45. The van der Waals surface area contributed by atoms with Crippen molar-refractivity contribution in [2.75, 3.05) is 39.9 Å². The summed E-state index contributed by atoms with van der Waals surface area (Å²) in [6, 6.07) is 0.700. The normalized spacial score (nSPS) is 24.0. The first-order valence-corrected chi connectivity index (χ1v) is 5.34. The minimum Gasteiger partial charge on any atom is -0.380 e. The topological polar surface area (TPSA) is 24.5 Å². The van der Waals surface area contributed by atoms with Crippen LogP contribution in [0.2, 0.25) is 0 Å². The molecule has 1 heterocycles. The van der Waals surface area contributed by atoms with Crippen LogP contribution in [0.25, 0.3) is 0 Å². The smallest absolute Gasteiger partial charge is 0.0593 e. The molecule has 1 fully saturated rings. The maximum Gasteiger partial charge on any atom is 0.0593 e. The van der Waals surface area contributed by atoms with Gasteiger partial charge < -0.3 is 10.1 Å². The second kappa shape index (κ2) is 6.35. The maximum atomic E-state index is 5.45. The van der Waals surface area contributed by atoms with E-state index in [1.165, 1.54) is 19.5 Å². The molecule has 1 N–H and O–H groups in total. The fraction of sp³-hybridized carbons (Fsp3) is 1.00.